The zero-order chi connectivity index (χ0) is 25.7. The second kappa shape index (κ2) is 11.7. The lowest BCUT2D eigenvalue weighted by Crippen LogP contribution is -2.48. The summed E-state index contributed by atoms with van der Waals surface area (Å²) in [5, 5.41) is 2.06. The minimum Gasteiger partial charge on any atom is -0.491 e. The minimum atomic E-state index is -0.397. The zero-order valence-corrected chi connectivity index (χ0v) is 21.9. The second-order valence-corrected chi connectivity index (χ2v) is 10.4. The van der Waals surface area contributed by atoms with Crippen LogP contribution in [0.15, 0.2) is 60.0 Å². The molecule has 7 heteroatoms. The Hall–Kier alpha value is -3.19. The van der Waals surface area contributed by atoms with Gasteiger partial charge in [0.2, 0.25) is 5.91 Å². The van der Waals surface area contributed by atoms with Crippen molar-refractivity contribution < 1.29 is 18.7 Å². The van der Waals surface area contributed by atoms with E-state index in [1.807, 2.05) is 24.0 Å². The highest BCUT2D eigenvalue weighted by Crippen LogP contribution is 2.34. The van der Waals surface area contributed by atoms with Gasteiger partial charge in [-0.3, -0.25) is 9.59 Å². The Kier molecular flexibility index (Phi) is 8.41. The van der Waals surface area contributed by atoms with Gasteiger partial charge in [-0.15, -0.1) is 11.3 Å². The fourth-order valence-corrected chi connectivity index (χ4v) is 5.48. The van der Waals surface area contributed by atoms with Crippen molar-refractivity contribution in [1.82, 2.24) is 9.80 Å². The van der Waals surface area contributed by atoms with Gasteiger partial charge in [0.25, 0.3) is 5.91 Å². The number of thiophene rings is 1. The number of ether oxygens (including phenoxy) is 1. The van der Waals surface area contributed by atoms with E-state index >= 15 is 0 Å². The Morgan fingerprint density at radius 1 is 1.11 bits per heavy atom. The van der Waals surface area contributed by atoms with Gasteiger partial charge in [-0.1, -0.05) is 32.9 Å². The number of hydrogen-bond acceptors (Lipinski definition) is 4. The molecule has 0 fully saturated rings. The van der Waals surface area contributed by atoms with E-state index < -0.39 is 5.82 Å². The predicted octanol–water partition coefficient (Wildman–Crippen LogP) is 6.07. The fourth-order valence-electron chi connectivity index (χ4n) is 4.55. The van der Waals surface area contributed by atoms with Crippen LogP contribution in [0.5, 0.6) is 5.75 Å². The van der Waals surface area contributed by atoms with E-state index in [2.05, 4.69) is 37.4 Å². The monoisotopic (exact) mass is 508 g/mol. The summed E-state index contributed by atoms with van der Waals surface area (Å²) in [6.07, 6.45) is 1.51. The van der Waals surface area contributed by atoms with Crippen LogP contribution in [0.2, 0.25) is 0 Å². The SMILES string of the molecule is CCCN(CC(=O)N1CCc2sccc2C1COc1ccc(C(C)C)cc1)C(=O)c1ccc(F)cc1. The molecule has 4 rings (SSSR count). The van der Waals surface area contributed by atoms with Gasteiger partial charge >= 0.3 is 0 Å². The maximum Gasteiger partial charge on any atom is 0.254 e. The van der Waals surface area contributed by atoms with E-state index in [4.69, 9.17) is 4.74 Å². The lowest BCUT2D eigenvalue weighted by atomic mass is 10.00. The minimum absolute atomic E-state index is 0.0247. The average Bonchev–Trinajstić information content (AvgIpc) is 3.36. The first-order chi connectivity index (χ1) is 17.4. The molecule has 2 amide bonds. The first-order valence-corrected chi connectivity index (χ1v) is 13.4. The molecular formula is C29H33FN2O3S. The van der Waals surface area contributed by atoms with Gasteiger partial charge in [-0.05, 0) is 77.7 Å². The summed E-state index contributed by atoms with van der Waals surface area (Å²) < 4.78 is 19.5. The fraction of sp³-hybridized carbons (Fsp3) is 0.379. The van der Waals surface area contributed by atoms with Crippen molar-refractivity contribution in [2.75, 3.05) is 26.2 Å². The third-order valence-corrected chi connectivity index (χ3v) is 7.56. The van der Waals surface area contributed by atoms with Crippen LogP contribution in [0.4, 0.5) is 4.39 Å². The first-order valence-electron chi connectivity index (χ1n) is 12.5. The number of carbonyl (C=O) groups is 2. The third-order valence-electron chi connectivity index (χ3n) is 6.57. The molecule has 0 saturated carbocycles. The van der Waals surface area contributed by atoms with Crippen molar-refractivity contribution in [1.29, 1.82) is 0 Å². The molecule has 36 heavy (non-hydrogen) atoms. The quantitative estimate of drug-likeness (QED) is 0.353. The molecule has 1 atom stereocenters. The Balaban J connectivity index is 1.50. The molecule has 0 bridgehead atoms. The first kappa shape index (κ1) is 25.9. The van der Waals surface area contributed by atoms with Gasteiger partial charge in [0.1, 0.15) is 24.7 Å². The average molecular weight is 509 g/mol. The van der Waals surface area contributed by atoms with Crippen molar-refractivity contribution in [2.24, 2.45) is 0 Å². The van der Waals surface area contributed by atoms with Crippen LogP contribution in [0, 0.1) is 5.82 Å². The van der Waals surface area contributed by atoms with Crippen molar-refractivity contribution in [3.63, 3.8) is 0 Å². The van der Waals surface area contributed by atoms with Crippen molar-refractivity contribution in [2.45, 2.75) is 45.6 Å². The smallest absolute Gasteiger partial charge is 0.254 e. The Bertz CT molecular complexity index is 1170. The van der Waals surface area contributed by atoms with Crippen LogP contribution < -0.4 is 4.74 Å². The predicted molar refractivity (Wildman–Crippen MR) is 141 cm³/mol. The van der Waals surface area contributed by atoms with Crippen LogP contribution in [0.1, 0.15) is 65.5 Å². The molecule has 2 heterocycles. The van der Waals surface area contributed by atoms with E-state index in [0.29, 0.717) is 37.6 Å². The number of benzene rings is 2. The number of fused-ring (bicyclic) bond motifs is 1. The van der Waals surface area contributed by atoms with Gasteiger partial charge in [0, 0.05) is 23.5 Å². The molecule has 0 radical (unpaired) electrons. The summed E-state index contributed by atoms with van der Waals surface area (Å²) in [7, 11) is 0. The van der Waals surface area contributed by atoms with E-state index in [0.717, 1.165) is 17.7 Å². The van der Waals surface area contributed by atoms with Crippen molar-refractivity contribution in [3.05, 3.63) is 87.4 Å². The van der Waals surface area contributed by atoms with Crippen molar-refractivity contribution in [3.8, 4) is 5.75 Å². The number of amides is 2. The number of carbonyl (C=O) groups excluding carboxylic acids is 2. The lowest BCUT2D eigenvalue weighted by Gasteiger charge is -2.37. The highest BCUT2D eigenvalue weighted by molar-refractivity contribution is 7.10. The maximum atomic E-state index is 13.6. The van der Waals surface area contributed by atoms with Gasteiger partial charge in [-0.2, -0.15) is 0 Å². The van der Waals surface area contributed by atoms with Crippen LogP contribution >= 0.6 is 11.3 Å². The third kappa shape index (κ3) is 5.95. The van der Waals surface area contributed by atoms with Gasteiger partial charge in [0.15, 0.2) is 0 Å². The molecule has 5 nitrogen and oxygen atoms in total. The molecule has 1 aromatic heterocycles. The van der Waals surface area contributed by atoms with E-state index in [1.54, 1.807) is 16.2 Å². The molecule has 0 spiro atoms. The molecule has 1 unspecified atom stereocenters. The normalized spacial score (nSPS) is 15.0. The van der Waals surface area contributed by atoms with Crippen LogP contribution in [0.3, 0.4) is 0 Å². The summed E-state index contributed by atoms with van der Waals surface area (Å²) >= 11 is 1.71. The molecule has 0 aliphatic carbocycles. The van der Waals surface area contributed by atoms with E-state index in [-0.39, 0.29) is 24.4 Å². The molecule has 1 aliphatic rings. The Morgan fingerprint density at radius 3 is 2.50 bits per heavy atom. The zero-order valence-electron chi connectivity index (χ0n) is 21.1. The molecule has 190 valence electrons. The molecule has 1 aliphatic heterocycles. The number of nitrogens with zero attached hydrogens (tertiary/aromatic N) is 2. The molecule has 2 aromatic carbocycles. The molecule has 0 N–H and O–H groups in total. The van der Waals surface area contributed by atoms with Crippen molar-refractivity contribution >= 4 is 23.2 Å². The summed E-state index contributed by atoms with van der Waals surface area (Å²) in [6.45, 7) is 7.62. The van der Waals surface area contributed by atoms with Crippen LogP contribution in [-0.4, -0.2) is 47.9 Å². The second-order valence-electron chi connectivity index (χ2n) is 9.42. The maximum absolute atomic E-state index is 13.6. The highest BCUT2D eigenvalue weighted by Gasteiger charge is 2.33. The molecular weight excluding hydrogens is 475 g/mol. The van der Waals surface area contributed by atoms with Crippen LogP contribution in [-0.2, 0) is 11.2 Å². The van der Waals surface area contributed by atoms with Gasteiger partial charge < -0.3 is 14.5 Å². The number of rotatable bonds is 9. The van der Waals surface area contributed by atoms with Gasteiger partial charge in [0.05, 0.1) is 6.04 Å². The topological polar surface area (TPSA) is 49.9 Å². The molecule has 3 aromatic rings. The molecule has 0 saturated heterocycles. The number of halogens is 1. The summed E-state index contributed by atoms with van der Waals surface area (Å²) in [5.74, 6) is 0.443. The standard InChI is InChI=1S/C29H33FN2O3S/c1-4-15-31(29(34)22-5-9-23(30)10-6-22)18-28(33)32-16-13-27-25(14-17-36-27)26(32)19-35-24-11-7-21(8-12-24)20(2)3/h5-12,14,17,20,26H,4,13,15-16,18-19H2,1-3H3. The van der Waals surface area contributed by atoms with Crippen LogP contribution in [0.25, 0.3) is 0 Å². The number of hydrogen-bond donors (Lipinski definition) is 0. The largest absolute Gasteiger partial charge is 0.491 e. The Morgan fingerprint density at radius 2 is 1.83 bits per heavy atom. The van der Waals surface area contributed by atoms with E-state index in [1.165, 1.54) is 34.7 Å². The summed E-state index contributed by atoms with van der Waals surface area (Å²) in [5.41, 5.74) is 2.74. The highest BCUT2D eigenvalue weighted by atomic mass is 32.1. The summed E-state index contributed by atoms with van der Waals surface area (Å²) in [6, 6.07) is 15.4. The van der Waals surface area contributed by atoms with E-state index in [9.17, 15) is 14.0 Å². The Labute approximate surface area is 216 Å². The lowest BCUT2D eigenvalue weighted by molar-refractivity contribution is -0.135. The summed E-state index contributed by atoms with van der Waals surface area (Å²) in [4.78, 5) is 31.3. The van der Waals surface area contributed by atoms with Gasteiger partial charge in [-0.25, -0.2) is 4.39 Å².